The Hall–Kier alpha value is -3.65. The van der Waals surface area contributed by atoms with Gasteiger partial charge in [0.1, 0.15) is 17.5 Å². The number of fused-ring (bicyclic) bond motifs is 3. The van der Waals surface area contributed by atoms with Crippen LogP contribution in [0.4, 0.5) is 0 Å². The van der Waals surface area contributed by atoms with Gasteiger partial charge in [0.15, 0.2) is 28.7 Å². The van der Waals surface area contributed by atoms with Gasteiger partial charge in [-0.05, 0) is 77.9 Å². The molecule has 5 rings (SSSR count). The van der Waals surface area contributed by atoms with Crippen LogP contribution in [0.2, 0.25) is 0 Å². The molecule has 0 saturated heterocycles. The number of hydrogen-bond acceptors (Lipinski definition) is 8. The number of methoxy groups -OCH3 is 1. The molecule has 2 N–H and O–H groups in total. The average Bonchev–Trinajstić information content (AvgIpc) is 3.37. The van der Waals surface area contributed by atoms with E-state index in [4.69, 9.17) is 4.74 Å². The van der Waals surface area contributed by atoms with E-state index >= 15 is 0 Å². The highest BCUT2D eigenvalue weighted by atomic mass is 16.5. The fourth-order valence-corrected chi connectivity index (χ4v) is 8.99. The van der Waals surface area contributed by atoms with Crippen LogP contribution in [0, 0.1) is 34.5 Å². The van der Waals surface area contributed by atoms with Crippen molar-refractivity contribution in [3.63, 3.8) is 0 Å². The maximum atomic E-state index is 14.6. The second-order valence-corrected chi connectivity index (χ2v) is 14.3. The van der Waals surface area contributed by atoms with Gasteiger partial charge in [-0.15, -0.1) is 0 Å². The van der Waals surface area contributed by atoms with Crippen LogP contribution in [0.3, 0.4) is 0 Å². The number of ketones is 5. The smallest absolute Gasteiger partial charge is 0.190 e. The molecule has 0 spiro atoms. The zero-order valence-corrected chi connectivity index (χ0v) is 26.7. The maximum Gasteiger partial charge on any atom is 0.190 e. The summed E-state index contributed by atoms with van der Waals surface area (Å²) in [7, 11) is 1.55. The topological polar surface area (TPSA) is 135 Å². The molecule has 1 aromatic rings. The number of allylic oxidation sites excluding steroid dienone is 5. The average molecular weight is 603 g/mol. The zero-order chi connectivity index (χ0) is 32.7. The molecule has 4 aliphatic carbocycles. The van der Waals surface area contributed by atoms with Crippen LogP contribution in [0.5, 0.6) is 5.75 Å². The van der Waals surface area contributed by atoms with Gasteiger partial charge in [-0.3, -0.25) is 24.0 Å². The summed E-state index contributed by atoms with van der Waals surface area (Å²) in [5, 5.41) is 24.0. The van der Waals surface area contributed by atoms with Crippen molar-refractivity contribution in [2.45, 2.75) is 79.2 Å². The molecular formula is C36H42O8. The highest BCUT2D eigenvalue weighted by molar-refractivity contribution is 6.32. The molecule has 6 atom stereocenters. The van der Waals surface area contributed by atoms with E-state index in [-0.39, 0.29) is 36.0 Å². The van der Waals surface area contributed by atoms with Crippen LogP contribution in [0.15, 0.2) is 36.1 Å². The fraction of sp³-hybridized carbons (Fsp3) is 0.528. The molecular weight excluding hydrogens is 560 g/mol. The van der Waals surface area contributed by atoms with E-state index in [0.29, 0.717) is 17.5 Å². The largest absolute Gasteiger partial charge is 0.507 e. The predicted octanol–water partition coefficient (Wildman–Crippen LogP) is 5.09. The summed E-state index contributed by atoms with van der Waals surface area (Å²) < 4.78 is 5.03. The van der Waals surface area contributed by atoms with Crippen LogP contribution in [0.1, 0.15) is 94.3 Å². The zero-order valence-electron chi connectivity index (χ0n) is 26.7. The molecule has 234 valence electrons. The third-order valence-corrected chi connectivity index (χ3v) is 10.7. The van der Waals surface area contributed by atoms with E-state index in [1.807, 2.05) is 38.1 Å². The summed E-state index contributed by atoms with van der Waals surface area (Å²) in [6, 6.07) is 1.92. The minimum absolute atomic E-state index is 0.0248. The van der Waals surface area contributed by atoms with Crippen molar-refractivity contribution >= 4 is 34.5 Å². The van der Waals surface area contributed by atoms with E-state index in [0.717, 1.165) is 23.6 Å². The van der Waals surface area contributed by atoms with Crippen molar-refractivity contribution in [3.8, 4) is 5.75 Å². The number of carbonyl (C=O) groups excluding carboxylic acids is 5. The van der Waals surface area contributed by atoms with Crippen molar-refractivity contribution in [3.05, 3.63) is 58.4 Å². The summed E-state index contributed by atoms with van der Waals surface area (Å²) in [5.74, 6) is -8.89. The van der Waals surface area contributed by atoms with Crippen molar-refractivity contribution in [1.29, 1.82) is 0 Å². The Morgan fingerprint density at radius 1 is 1.07 bits per heavy atom. The summed E-state index contributed by atoms with van der Waals surface area (Å²) in [5.41, 5.74) is -1.49. The third kappa shape index (κ3) is 4.16. The molecule has 8 heteroatoms. The molecule has 1 aromatic carbocycles. The van der Waals surface area contributed by atoms with Crippen LogP contribution < -0.4 is 0 Å². The third-order valence-electron chi connectivity index (χ3n) is 10.7. The lowest BCUT2D eigenvalue weighted by Gasteiger charge is -2.62. The fourth-order valence-electron chi connectivity index (χ4n) is 8.99. The number of aromatic hydroxyl groups is 1. The molecule has 3 unspecified atom stereocenters. The van der Waals surface area contributed by atoms with Gasteiger partial charge in [0.05, 0.1) is 24.9 Å². The van der Waals surface area contributed by atoms with E-state index in [9.17, 15) is 34.2 Å². The van der Waals surface area contributed by atoms with Crippen LogP contribution in [-0.2, 0) is 30.3 Å². The number of phenolic OH excluding ortho intramolecular Hbond substituents is 1. The van der Waals surface area contributed by atoms with Gasteiger partial charge in [-0.2, -0.15) is 0 Å². The Kier molecular flexibility index (Phi) is 7.56. The molecule has 4 aliphatic rings. The quantitative estimate of drug-likeness (QED) is 0.340. The Balaban J connectivity index is 1.70. The van der Waals surface area contributed by atoms with Gasteiger partial charge >= 0.3 is 0 Å². The summed E-state index contributed by atoms with van der Waals surface area (Å²) in [6.45, 7) is 12.1. The highest BCUT2D eigenvalue weighted by Crippen LogP contribution is 2.64. The maximum absolute atomic E-state index is 14.6. The van der Waals surface area contributed by atoms with Crippen molar-refractivity contribution < 1.29 is 38.9 Å². The van der Waals surface area contributed by atoms with Gasteiger partial charge in [0.25, 0.3) is 0 Å². The Morgan fingerprint density at radius 2 is 1.73 bits per heavy atom. The number of Topliss-reactive ketones (excluding diaryl/α,β-unsaturated/α-hetero) is 5. The predicted molar refractivity (Wildman–Crippen MR) is 164 cm³/mol. The Bertz CT molecular complexity index is 1610. The van der Waals surface area contributed by atoms with Gasteiger partial charge < -0.3 is 14.9 Å². The van der Waals surface area contributed by atoms with Crippen LogP contribution in [0.25, 0.3) is 5.57 Å². The lowest BCUT2D eigenvalue weighted by atomic mass is 9.39. The molecule has 0 radical (unpaired) electrons. The number of benzene rings is 1. The summed E-state index contributed by atoms with van der Waals surface area (Å²) >= 11 is 0. The molecule has 0 heterocycles. The van der Waals surface area contributed by atoms with Gasteiger partial charge in [0, 0.05) is 16.9 Å². The highest BCUT2D eigenvalue weighted by Gasteiger charge is 2.76. The van der Waals surface area contributed by atoms with E-state index < -0.39 is 63.1 Å². The van der Waals surface area contributed by atoms with Crippen molar-refractivity contribution in [2.24, 2.45) is 34.5 Å². The standard InChI is InChI=1S/C36H42O8/c1-17(2)22-14-23(21-10-9-20(13-21)11-12-44-8)29(38)26-24(22)15-34(6)16-35(7)27(18(3)4)30(39)25(19(5)37)32(41)36(35,43)33(42)28(34)31(26)40/h9-12,14,17-18,25,27-28,38,43H,13,15-16H2,1-8H3/b12-11+/t25?,27?,28?,34-,35-,36+/m1/s1. The van der Waals surface area contributed by atoms with E-state index in [1.165, 1.54) is 0 Å². The first-order chi connectivity index (χ1) is 20.5. The summed E-state index contributed by atoms with van der Waals surface area (Å²) in [6.07, 6.45) is 7.94. The number of aliphatic hydroxyl groups is 1. The first kappa shape index (κ1) is 31.8. The molecule has 0 bridgehead atoms. The number of hydrogen-bond donors (Lipinski definition) is 2. The first-order valence-corrected chi connectivity index (χ1v) is 15.3. The Morgan fingerprint density at radius 3 is 2.30 bits per heavy atom. The number of rotatable bonds is 6. The van der Waals surface area contributed by atoms with Gasteiger partial charge in [-0.1, -0.05) is 53.7 Å². The second-order valence-electron chi connectivity index (χ2n) is 14.3. The molecule has 0 aromatic heterocycles. The van der Waals surface area contributed by atoms with Gasteiger partial charge in [-0.25, -0.2) is 0 Å². The number of ether oxygens (including phenoxy) is 1. The Labute approximate surface area is 258 Å². The number of phenols is 1. The van der Waals surface area contributed by atoms with Crippen LogP contribution >= 0.6 is 0 Å². The molecule has 2 saturated carbocycles. The van der Waals surface area contributed by atoms with Crippen molar-refractivity contribution in [2.75, 3.05) is 7.11 Å². The first-order valence-electron chi connectivity index (χ1n) is 15.3. The monoisotopic (exact) mass is 602 g/mol. The summed E-state index contributed by atoms with van der Waals surface area (Å²) in [4.78, 5) is 69.3. The van der Waals surface area contributed by atoms with E-state index in [2.05, 4.69) is 0 Å². The number of carbonyl (C=O) groups is 5. The lowest BCUT2D eigenvalue weighted by molar-refractivity contribution is -0.205. The molecule has 0 aliphatic heterocycles. The lowest BCUT2D eigenvalue weighted by Crippen LogP contribution is -2.76. The second kappa shape index (κ2) is 10.5. The molecule has 0 amide bonds. The molecule has 44 heavy (non-hydrogen) atoms. The molecule has 2 fully saturated rings. The normalized spacial score (nSPS) is 33.4. The SMILES string of the molecule is CO/C=C/C1=CC=C(c2cc(C(C)C)c3c(c2O)C(=O)C2C(=O)[C@@]4(O)C(=O)C(C(C)=O)C(=O)C(C(C)C)[C@@]4(C)C[C@@]2(C)C3)C1. The molecule has 8 nitrogen and oxygen atoms in total. The van der Waals surface area contributed by atoms with Crippen molar-refractivity contribution in [1.82, 2.24) is 0 Å². The van der Waals surface area contributed by atoms with Crippen LogP contribution in [-0.4, -0.2) is 51.8 Å². The minimum Gasteiger partial charge on any atom is -0.507 e. The minimum atomic E-state index is -2.71. The van der Waals surface area contributed by atoms with E-state index in [1.54, 1.807) is 41.1 Å². The van der Waals surface area contributed by atoms with Gasteiger partial charge in [0.2, 0.25) is 0 Å².